The number of amides is 1. The van der Waals surface area contributed by atoms with Crippen LogP contribution in [0.15, 0.2) is 42.5 Å². The molecule has 0 aromatic heterocycles. The quantitative estimate of drug-likeness (QED) is 0.553. The number of benzene rings is 2. The first kappa shape index (κ1) is 27.5. The molecule has 1 aliphatic heterocycles. The van der Waals surface area contributed by atoms with Gasteiger partial charge in [-0.25, -0.2) is 0 Å². The van der Waals surface area contributed by atoms with Crippen molar-refractivity contribution in [1.29, 1.82) is 0 Å². The molecule has 186 valence electrons. The van der Waals surface area contributed by atoms with E-state index in [4.69, 9.17) is 9.47 Å². The number of alkyl halides is 3. The van der Waals surface area contributed by atoms with E-state index in [1.807, 2.05) is 4.90 Å². The predicted octanol–water partition coefficient (Wildman–Crippen LogP) is 4.30. The van der Waals surface area contributed by atoms with Crippen LogP contribution in [-0.4, -0.2) is 57.2 Å². The Hall–Kier alpha value is -2.78. The van der Waals surface area contributed by atoms with Crippen molar-refractivity contribution in [1.82, 2.24) is 4.90 Å². The molecular formula is C24H28ClF3N2O4. The molecule has 6 nitrogen and oxygen atoms in total. The van der Waals surface area contributed by atoms with Crippen LogP contribution < -0.4 is 9.64 Å². The summed E-state index contributed by atoms with van der Waals surface area (Å²) in [6.45, 7) is 1.75. The smallest absolute Gasteiger partial charge is 0.416 e. The number of fused-ring (bicyclic) bond motifs is 1. The number of ether oxygens (including phenoxy) is 2. The lowest BCUT2D eigenvalue weighted by molar-refractivity contribution is -0.154. The zero-order chi connectivity index (χ0) is 24.3. The van der Waals surface area contributed by atoms with Gasteiger partial charge in [0.2, 0.25) is 0 Å². The maximum Gasteiger partial charge on any atom is 0.416 e. The molecule has 0 fully saturated rings. The Kier molecular flexibility index (Phi) is 8.96. The average Bonchev–Trinajstić information content (AvgIpc) is 2.86. The minimum atomic E-state index is -4.60. The Labute approximate surface area is 203 Å². The molecule has 0 saturated carbocycles. The number of likely N-dealkylation sites (N-methyl/N-ethyl adjacent to an activating group) is 1. The lowest BCUT2D eigenvalue weighted by Crippen LogP contribution is -2.45. The Morgan fingerprint density at radius 2 is 1.79 bits per heavy atom. The number of rotatable bonds is 6. The molecule has 3 rings (SSSR count). The molecule has 2 aromatic rings. The molecule has 2 aromatic carbocycles. The van der Waals surface area contributed by atoms with Gasteiger partial charge in [0, 0.05) is 31.6 Å². The lowest BCUT2D eigenvalue weighted by atomic mass is 9.86. The first-order valence-corrected chi connectivity index (χ1v) is 10.5. The van der Waals surface area contributed by atoms with E-state index in [1.165, 1.54) is 31.1 Å². The normalized spacial score (nSPS) is 18.1. The van der Waals surface area contributed by atoms with Crippen LogP contribution in [0, 0.1) is 0 Å². The Balaban J connectivity index is 0.00000408. The highest BCUT2D eigenvalue weighted by atomic mass is 35.5. The third-order valence-corrected chi connectivity index (χ3v) is 5.65. The van der Waals surface area contributed by atoms with Crippen LogP contribution >= 0.6 is 12.4 Å². The lowest BCUT2D eigenvalue weighted by Gasteiger charge is -2.29. The standard InChI is InChI=1S/C24H27F3N2O4.ClH/c1-15(30)33-22-18(16-8-10-17(32-4)11-9-16)14-19-20(24(25,26)27)6-5-7-21(19)29(23(22)31)13-12-28(2)3;/h5-11,18,22H,12-14H2,1-4H3;1H/t18-,22+;/m1./s1. The second-order valence-corrected chi connectivity index (χ2v) is 8.21. The van der Waals surface area contributed by atoms with E-state index >= 15 is 0 Å². The van der Waals surface area contributed by atoms with E-state index in [0.717, 1.165) is 6.07 Å². The highest BCUT2D eigenvalue weighted by Gasteiger charge is 2.43. The number of hydrogen-bond donors (Lipinski definition) is 0. The maximum atomic E-state index is 14.0. The topological polar surface area (TPSA) is 59.1 Å². The van der Waals surface area contributed by atoms with Crippen molar-refractivity contribution >= 4 is 30.0 Å². The molecule has 0 bridgehead atoms. The van der Waals surface area contributed by atoms with Crippen molar-refractivity contribution in [3.63, 3.8) is 0 Å². The first-order valence-electron chi connectivity index (χ1n) is 10.5. The third-order valence-electron chi connectivity index (χ3n) is 5.65. The summed E-state index contributed by atoms with van der Waals surface area (Å²) >= 11 is 0. The highest BCUT2D eigenvalue weighted by molar-refractivity contribution is 6.00. The van der Waals surface area contributed by atoms with Gasteiger partial charge in [-0.05, 0) is 55.9 Å². The van der Waals surface area contributed by atoms with Crippen LogP contribution in [0.1, 0.15) is 29.5 Å². The summed E-state index contributed by atoms with van der Waals surface area (Å²) in [6.07, 6.45) is -6.00. The van der Waals surface area contributed by atoms with Gasteiger partial charge in [0.25, 0.3) is 5.91 Å². The van der Waals surface area contributed by atoms with Gasteiger partial charge in [0.1, 0.15) is 5.75 Å². The predicted molar refractivity (Wildman–Crippen MR) is 125 cm³/mol. The summed E-state index contributed by atoms with van der Waals surface area (Å²) in [5, 5.41) is 0. The molecule has 1 aliphatic rings. The van der Waals surface area contributed by atoms with Crippen molar-refractivity contribution in [2.24, 2.45) is 0 Å². The summed E-state index contributed by atoms with van der Waals surface area (Å²) in [4.78, 5) is 28.7. The van der Waals surface area contributed by atoms with Crippen LogP contribution in [0.2, 0.25) is 0 Å². The third kappa shape index (κ3) is 6.01. The number of hydrogen-bond acceptors (Lipinski definition) is 5. The Morgan fingerprint density at radius 3 is 2.32 bits per heavy atom. The summed E-state index contributed by atoms with van der Waals surface area (Å²) in [7, 11) is 5.11. The number of carbonyl (C=O) groups excluding carboxylic acids is 2. The molecule has 0 N–H and O–H groups in total. The monoisotopic (exact) mass is 500 g/mol. The van der Waals surface area contributed by atoms with Crippen LogP contribution in [0.25, 0.3) is 0 Å². The van der Waals surface area contributed by atoms with Gasteiger partial charge in [0.05, 0.1) is 12.7 Å². The van der Waals surface area contributed by atoms with Gasteiger partial charge < -0.3 is 19.3 Å². The van der Waals surface area contributed by atoms with Gasteiger partial charge in [0.15, 0.2) is 6.10 Å². The second-order valence-electron chi connectivity index (χ2n) is 8.21. The zero-order valence-electron chi connectivity index (χ0n) is 19.4. The van der Waals surface area contributed by atoms with Crippen LogP contribution in [0.3, 0.4) is 0 Å². The van der Waals surface area contributed by atoms with Crippen molar-refractivity contribution in [3.05, 3.63) is 59.2 Å². The van der Waals surface area contributed by atoms with E-state index in [-0.39, 0.29) is 36.6 Å². The molecule has 0 saturated heterocycles. The maximum absolute atomic E-state index is 14.0. The van der Waals surface area contributed by atoms with E-state index in [0.29, 0.717) is 17.9 Å². The zero-order valence-corrected chi connectivity index (χ0v) is 20.2. The molecule has 1 heterocycles. The van der Waals surface area contributed by atoms with Crippen LogP contribution in [0.5, 0.6) is 5.75 Å². The van der Waals surface area contributed by atoms with Crippen LogP contribution in [0.4, 0.5) is 18.9 Å². The summed E-state index contributed by atoms with van der Waals surface area (Å²) in [5.74, 6) is -1.47. The minimum absolute atomic E-state index is 0. The average molecular weight is 501 g/mol. The van der Waals surface area contributed by atoms with E-state index in [1.54, 1.807) is 38.4 Å². The van der Waals surface area contributed by atoms with Crippen molar-refractivity contribution in [3.8, 4) is 5.75 Å². The summed E-state index contributed by atoms with van der Waals surface area (Å²) in [5.41, 5.74) is -0.0326. The van der Waals surface area contributed by atoms with Gasteiger partial charge in [-0.1, -0.05) is 18.2 Å². The fourth-order valence-electron chi connectivity index (χ4n) is 4.06. The molecule has 1 amide bonds. The van der Waals surface area contributed by atoms with Gasteiger partial charge >= 0.3 is 12.1 Å². The van der Waals surface area contributed by atoms with E-state index in [2.05, 4.69) is 0 Å². The fourth-order valence-corrected chi connectivity index (χ4v) is 4.06. The molecule has 10 heteroatoms. The number of anilines is 1. The molecule has 0 spiro atoms. The Bertz CT molecular complexity index is 1010. The van der Waals surface area contributed by atoms with Crippen molar-refractivity contribution < 1.29 is 32.2 Å². The molecule has 34 heavy (non-hydrogen) atoms. The minimum Gasteiger partial charge on any atom is -0.497 e. The van der Waals surface area contributed by atoms with Crippen molar-refractivity contribution in [2.75, 3.05) is 39.2 Å². The molecule has 2 atom stereocenters. The number of halogens is 4. The van der Waals surface area contributed by atoms with Gasteiger partial charge in [-0.2, -0.15) is 13.2 Å². The summed E-state index contributed by atoms with van der Waals surface area (Å²) in [6, 6.07) is 10.5. The SMILES string of the molecule is COc1ccc([C@H]2Cc3c(cccc3C(F)(F)F)N(CCN(C)C)C(=O)[C@H]2OC(C)=O)cc1.Cl. The highest BCUT2D eigenvalue weighted by Crippen LogP contribution is 2.43. The fraction of sp³-hybridized carbons (Fsp3) is 0.417. The molecule has 0 radical (unpaired) electrons. The Morgan fingerprint density at radius 1 is 1.15 bits per heavy atom. The van der Waals surface area contributed by atoms with Gasteiger partial charge in [-0.15, -0.1) is 12.4 Å². The number of nitrogens with zero attached hydrogens (tertiary/aromatic N) is 2. The van der Waals surface area contributed by atoms with Gasteiger partial charge in [-0.3, -0.25) is 9.59 Å². The van der Waals surface area contributed by atoms with E-state index < -0.39 is 35.6 Å². The molecule has 0 unspecified atom stereocenters. The first-order chi connectivity index (χ1) is 15.5. The largest absolute Gasteiger partial charge is 0.497 e. The molecular weight excluding hydrogens is 473 g/mol. The number of methoxy groups -OCH3 is 1. The number of carbonyl (C=O) groups is 2. The van der Waals surface area contributed by atoms with E-state index in [9.17, 15) is 22.8 Å². The van der Waals surface area contributed by atoms with Crippen molar-refractivity contribution in [2.45, 2.75) is 31.5 Å². The molecule has 0 aliphatic carbocycles. The second kappa shape index (κ2) is 11.1. The number of esters is 1. The summed E-state index contributed by atoms with van der Waals surface area (Å²) < 4.78 is 52.5. The van der Waals surface area contributed by atoms with Crippen LogP contribution in [-0.2, 0) is 26.9 Å².